The van der Waals surface area contributed by atoms with E-state index in [9.17, 15) is 13.6 Å². The van der Waals surface area contributed by atoms with Gasteiger partial charge in [0.05, 0.1) is 11.8 Å². The van der Waals surface area contributed by atoms with Crippen LogP contribution < -0.4 is 0 Å². The van der Waals surface area contributed by atoms with E-state index in [-0.39, 0.29) is 11.6 Å². The SMILES string of the molecule is O=CN1N=C(c2cc(F)ccc2F)CC1c1ccccc1. The minimum atomic E-state index is -0.547. The fourth-order valence-electron chi connectivity index (χ4n) is 2.45. The maximum atomic E-state index is 13.8. The highest BCUT2D eigenvalue weighted by atomic mass is 19.1. The van der Waals surface area contributed by atoms with Gasteiger partial charge >= 0.3 is 0 Å². The normalized spacial score (nSPS) is 17.7. The van der Waals surface area contributed by atoms with Crippen molar-refractivity contribution in [1.29, 1.82) is 0 Å². The molecule has 0 aromatic heterocycles. The van der Waals surface area contributed by atoms with Crippen molar-refractivity contribution < 1.29 is 13.6 Å². The summed E-state index contributed by atoms with van der Waals surface area (Å²) in [4.78, 5) is 11.2. The van der Waals surface area contributed by atoms with E-state index in [0.717, 1.165) is 23.8 Å². The molecule has 0 saturated carbocycles. The summed E-state index contributed by atoms with van der Waals surface area (Å²) in [5, 5.41) is 5.36. The lowest BCUT2D eigenvalue weighted by Gasteiger charge is -2.17. The van der Waals surface area contributed by atoms with Crippen LogP contribution in [0.15, 0.2) is 53.6 Å². The smallest absolute Gasteiger partial charge is 0.230 e. The van der Waals surface area contributed by atoms with Crippen LogP contribution in [0.1, 0.15) is 23.6 Å². The van der Waals surface area contributed by atoms with Crippen molar-refractivity contribution >= 4 is 12.1 Å². The van der Waals surface area contributed by atoms with Crippen LogP contribution >= 0.6 is 0 Å². The van der Waals surface area contributed by atoms with Crippen LogP contribution in [0, 0.1) is 11.6 Å². The molecule has 1 heterocycles. The Labute approximate surface area is 120 Å². The van der Waals surface area contributed by atoms with E-state index < -0.39 is 11.6 Å². The Hall–Kier alpha value is -2.56. The number of hydrogen-bond acceptors (Lipinski definition) is 2. The molecule has 106 valence electrons. The molecule has 1 aliphatic rings. The van der Waals surface area contributed by atoms with E-state index in [1.165, 1.54) is 5.01 Å². The Kier molecular flexibility index (Phi) is 3.48. The summed E-state index contributed by atoms with van der Waals surface area (Å²) in [6, 6.07) is 12.3. The third-order valence-electron chi connectivity index (χ3n) is 3.47. The molecule has 3 rings (SSSR count). The molecule has 0 spiro atoms. The fraction of sp³-hybridized carbons (Fsp3) is 0.125. The molecule has 0 saturated heterocycles. The van der Waals surface area contributed by atoms with E-state index in [2.05, 4.69) is 5.10 Å². The van der Waals surface area contributed by atoms with Crippen LogP contribution in [0.3, 0.4) is 0 Å². The zero-order chi connectivity index (χ0) is 14.8. The minimum Gasteiger partial charge on any atom is -0.277 e. The van der Waals surface area contributed by atoms with Crippen molar-refractivity contribution in [3.05, 3.63) is 71.3 Å². The second kappa shape index (κ2) is 5.44. The molecule has 5 heteroatoms. The van der Waals surface area contributed by atoms with Gasteiger partial charge in [0, 0.05) is 12.0 Å². The van der Waals surface area contributed by atoms with Gasteiger partial charge in [-0.2, -0.15) is 5.10 Å². The summed E-state index contributed by atoms with van der Waals surface area (Å²) in [5.41, 5.74) is 1.37. The molecule has 1 amide bonds. The first-order valence-corrected chi connectivity index (χ1v) is 6.50. The van der Waals surface area contributed by atoms with Gasteiger partial charge in [-0.25, -0.2) is 13.8 Å². The largest absolute Gasteiger partial charge is 0.277 e. The van der Waals surface area contributed by atoms with Crippen LogP contribution in [0.2, 0.25) is 0 Å². The van der Waals surface area contributed by atoms with Crippen molar-refractivity contribution in [2.24, 2.45) is 5.10 Å². The van der Waals surface area contributed by atoms with E-state index >= 15 is 0 Å². The Morgan fingerprint density at radius 2 is 1.90 bits per heavy atom. The van der Waals surface area contributed by atoms with Crippen molar-refractivity contribution in [2.45, 2.75) is 12.5 Å². The molecule has 1 unspecified atom stereocenters. The van der Waals surface area contributed by atoms with E-state index in [4.69, 9.17) is 0 Å². The minimum absolute atomic E-state index is 0.0975. The summed E-state index contributed by atoms with van der Waals surface area (Å²) in [7, 11) is 0. The average Bonchev–Trinajstić information content (AvgIpc) is 2.94. The van der Waals surface area contributed by atoms with Gasteiger partial charge in [-0.05, 0) is 23.8 Å². The van der Waals surface area contributed by atoms with Gasteiger partial charge in [0.25, 0.3) is 0 Å². The molecule has 0 aliphatic carbocycles. The molecule has 0 radical (unpaired) electrons. The maximum Gasteiger partial charge on any atom is 0.230 e. The second-order valence-corrected chi connectivity index (χ2v) is 4.79. The van der Waals surface area contributed by atoms with Gasteiger partial charge in [-0.15, -0.1) is 0 Å². The quantitative estimate of drug-likeness (QED) is 0.797. The number of rotatable bonds is 3. The number of amides is 1. The third kappa shape index (κ3) is 2.54. The van der Waals surface area contributed by atoms with Crippen LogP contribution in [-0.2, 0) is 4.79 Å². The highest BCUT2D eigenvalue weighted by Crippen LogP contribution is 2.32. The number of carbonyl (C=O) groups excluding carboxylic acids is 1. The molecular formula is C16H12F2N2O. The number of halogens is 2. The first kappa shape index (κ1) is 13.4. The molecule has 2 aromatic rings. The second-order valence-electron chi connectivity index (χ2n) is 4.79. The Balaban J connectivity index is 1.96. The predicted molar refractivity (Wildman–Crippen MR) is 74.6 cm³/mol. The molecule has 1 aliphatic heterocycles. The fourth-order valence-corrected chi connectivity index (χ4v) is 2.45. The molecule has 0 N–H and O–H groups in total. The van der Waals surface area contributed by atoms with Gasteiger partial charge in [-0.3, -0.25) is 4.79 Å². The molecule has 0 bridgehead atoms. The van der Waals surface area contributed by atoms with Crippen molar-refractivity contribution in [2.75, 3.05) is 0 Å². The molecule has 21 heavy (non-hydrogen) atoms. The predicted octanol–water partition coefficient (Wildman–Crippen LogP) is 3.27. The third-order valence-corrected chi connectivity index (χ3v) is 3.47. The first-order valence-electron chi connectivity index (χ1n) is 6.50. The standard InChI is InChI=1S/C16H12F2N2O/c17-12-6-7-14(18)13(8-12)15-9-16(20(10-21)19-15)11-4-2-1-3-5-11/h1-8,10,16H,9H2. The van der Waals surface area contributed by atoms with Crippen LogP contribution in [0.4, 0.5) is 8.78 Å². The molecule has 2 aromatic carbocycles. The van der Waals surface area contributed by atoms with Crippen LogP contribution in [0.5, 0.6) is 0 Å². The Morgan fingerprint density at radius 3 is 2.62 bits per heavy atom. The number of nitrogens with zero attached hydrogens (tertiary/aromatic N) is 2. The number of carbonyl (C=O) groups is 1. The van der Waals surface area contributed by atoms with Gasteiger partial charge in [0.1, 0.15) is 11.6 Å². The van der Waals surface area contributed by atoms with Crippen molar-refractivity contribution in [1.82, 2.24) is 5.01 Å². The number of hydrazone groups is 1. The summed E-state index contributed by atoms with van der Waals surface area (Å²) in [6.45, 7) is 0. The lowest BCUT2D eigenvalue weighted by molar-refractivity contribution is -0.119. The average molecular weight is 286 g/mol. The topological polar surface area (TPSA) is 32.7 Å². The summed E-state index contributed by atoms with van der Waals surface area (Å²) < 4.78 is 27.1. The highest BCUT2D eigenvalue weighted by Gasteiger charge is 2.29. The Morgan fingerprint density at radius 1 is 1.14 bits per heavy atom. The van der Waals surface area contributed by atoms with Crippen molar-refractivity contribution in [3.8, 4) is 0 Å². The van der Waals surface area contributed by atoms with E-state index in [1.54, 1.807) is 0 Å². The molecule has 0 fully saturated rings. The van der Waals surface area contributed by atoms with E-state index in [0.29, 0.717) is 18.5 Å². The van der Waals surface area contributed by atoms with Crippen LogP contribution in [0.25, 0.3) is 0 Å². The van der Waals surface area contributed by atoms with Crippen LogP contribution in [-0.4, -0.2) is 17.1 Å². The number of hydrogen-bond donors (Lipinski definition) is 0. The van der Waals surface area contributed by atoms with Gasteiger partial charge in [-0.1, -0.05) is 30.3 Å². The summed E-state index contributed by atoms with van der Waals surface area (Å²) >= 11 is 0. The van der Waals surface area contributed by atoms with Gasteiger partial charge in [0.15, 0.2) is 0 Å². The Bertz CT molecular complexity index is 701. The van der Waals surface area contributed by atoms with Gasteiger partial charge < -0.3 is 0 Å². The zero-order valence-electron chi connectivity index (χ0n) is 11.0. The number of benzene rings is 2. The monoisotopic (exact) mass is 286 g/mol. The highest BCUT2D eigenvalue weighted by molar-refractivity contribution is 6.02. The lowest BCUT2D eigenvalue weighted by atomic mass is 9.98. The summed E-state index contributed by atoms with van der Waals surface area (Å²) in [5.74, 6) is -1.08. The molecule has 3 nitrogen and oxygen atoms in total. The zero-order valence-corrected chi connectivity index (χ0v) is 11.0. The lowest BCUT2D eigenvalue weighted by Crippen LogP contribution is -2.17. The maximum absolute atomic E-state index is 13.8. The first-order chi connectivity index (χ1) is 10.2. The summed E-state index contributed by atoms with van der Waals surface area (Å²) in [6.07, 6.45) is 0.949. The molecule has 1 atom stereocenters. The van der Waals surface area contributed by atoms with E-state index in [1.807, 2.05) is 30.3 Å². The van der Waals surface area contributed by atoms with Gasteiger partial charge in [0.2, 0.25) is 6.41 Å². The van der Waals surface area contributed by atoms with Crippen molar-refractivity contribution in [3.63, 3.8) is 0 Å². The molecular weight excluding hydrogens is 274 g/mol.